The molecule has 0 atom stereocenters. The van der Waals surface area contributed by atoms with E-state index in [4.69, 9.17) is 4.74 Å². The number of benzene rings is 2. The minimum atomic E-state index is -3.49. The molecule has 8 heteroatoms. The number of carbonyl (C=O) groups is 1. The molecule has 0 bridgehead atoms. The second-order valence-electron chi connectivity index (χ2n) is 6.98. The standard InChI is InChI=1S/C21H25N3O4S/c1-15-6-11-20(28-3)19(14-15)16(2)22-23-21(25)17-7-9-18(10-8-17)29(26,27)24-12-4-5-13-24/h6-11,14H,4-5,12-13H2,1-3H3,(H,23,25)/b22-16-. The van der Waals surface area contributed by atoms with E-state index in [0.29, 0.717) is 30.1 Å². The molecular weight excluding hydrogens is 390 g/mol. The Morgan fingerprint density at radius 1 is 1.10 bits per heavy atom. The van der Waals surface area contributed by atoms with E-state index in [0.717, 1.165) is 24.0 Å². The number of nitrogens with one attached hydrogen (secondary N) is 1. The minimum Gasteiger partial charge on any atom is -0.496 e. The fourth-order valence-corrected chi connectivity index (χ4v) is 4.74. The van der Waals surface area contributed by atoms with E-state index >= 15 is 0 Å². The molecule has 0 aromatic heterocycles. The Hall–Kier alpha value is -2.71. The van der Waals surface area contributed by atoms with Crippen molar-refractivity contribution in [2.75, 3.05) is 20.2 Å². The lowest BCUT2D eigenvalue weighted by Gasteiger charge is -2.15. The summed E-state index contributed by atoms with van der Waals surface area (Å²) < 4.78 is 32.0. The van der Waals surface area contributed by atoms with Crippen LogP contribution in [0.3, 0.4) is 0 Å². The largest absolute Gasteiger partial charge is 0.496 e. The van der Waals surface area contributed by atoms with E-state index in [9.17, 15) is 13.2 Å². The van der Waals surface area contributed by atoms with E-state index in [1.54, 1.807) is 14.0 Å². The Morgan fingerprint density at radius 3 is 2.38 bits per heavy atom. The van der Waals surface area contributed by atoms with Gasteiger partial charge in [0.15, 0.2) is 0 Å². The molecule has 2 aromatic carbocycles. The van der Waals surface area contributed by atoms with Crippen LogP contribution in [0.2, 0.25) is 0 Å². The van der Waals surface area contributed by atoms with E-state index in [-0.39, 0.29) is 4.90 Å². The topological polar surface area (TPSA) is 88.1 Å². The molecule has 1 aliphatic heterocycles. The van der Waals surface area contributed by atoms with Crippen LogP contribution in [0.25, 0.3) is 0 Å². The lowest BCUT2D eigenvalue weighted by Crippen LogP contribution is -2.28. The van der Waals surface area contributed by atoms with Crippen molar-refractivity contribution in [3.63, 3.8) is 0 Å². The molecule has 1 aliphatic rings. The van der Waals surface area contributed by atoms with Crippen LogP contribution >= 0.6 is 0 Å². The van der Waals surface area contributed by atoms with Crippen LogP contribution in [0.1, 0.15) is 41.3 Å². The number of nitrogens with zero attached hydrogens (tertiary/aromatic N) is 2. The summed E-state index contributed by atoms with van der Waals surface area (Å²) in [5.74, 6) is 0.253. The summed E-state index contributed by atoms with van der Waals surface area (Å²) in [6.07, 6.45) is 1.76. The van der Waals surface area contributed by atoms with Gasteiger partial charge in [0.1, 0.15) is 5.75 Å². The zero-order valence-corrected chi connectivity index (χ0v) is 17.6. The molecule has 1 N–H and O–H groups in total. The van der Waals surface area contributed by atoms with Crippen LogP contribution in [-0.4, -0.2) is 44.5 Å². The molecule has 7 nitrogen and oxygen atoms in total. The fraction of sp³-hybridized carbons (Fsp3) is 0.333. The second kappa shape index (κ2) is 8.75. The molecule has 1 fully saturated rings. The predicted molar refractivity (Wildman–Crippen MR) is 112 cm³/mol. The van der Waals surface area contributed by atoms with Gasteiger partial charge < -0.3 is 4.74 Å². The fourth-order valence-electron chi connectivity index (χ4n) is 3.22. The van der Waals surface area contributed by atoms with Crippen molar-refractivity contribution in [2.45, 2.75) is 31.6 Å². The van der Waals surface area contributed by atoms with Crippen molar-refractivity contribution in [1.82, 2.24) is 9.73 Å². The molecule has 0 unspecified atom stereocenters. The van der Waals surface area contributed by atoms with Crippen molar-refractivity contribution in [3.8, 4) is 5.75 Å². The third-order valence-electron chi connectivity index (χ3n) is 4.89. The van der Waals surface area contributed by atoms with Gasteiger partial charge in [-0.05, 0) is 63.1 Å². The normalized spacial score (nSPS) is 15.3. The first kappa shape index (κ1) is 21.0. The summed E-state index contributed by atoms with van der Waals surface area (Å²) in [5.41, 5.74) is 5.29. The molecule has 29 heavy (non-hydrogen) atoms. The van der Waals surface area contributed by atoms with E-state index in [1.165, 1.54) is 28.6 Å². The van der Waals surface area contributed by atoms with Crippen LogP contribution in [0, 0.1) is 6.92 Å². The summed E-state index contributed by atoms with van der Waals surface area (Å²) in [4.78, 5) is 12.6. The number of carbonyl (C=O) groups excluding carboxylic acids is 1. The molecule has 3 rings (SSSR count). The maximum absolute atomic E-state index is 12.6. The lowest BCUT2D eigenvalue weighted by atomic mass is 10.1. The molecule has 0 radical (unpaired) electrons. The van der Waals surface area contributed by atoms with Gasteiger partial charge in [0.25, 0.3) is 5.91 Å². The summed E-state index contributed by atoms with van der Waals surface area (Å²) in [7, 11) is -1.91. The quantitative estimate of drug-likeness (QED) is 0.580. The third-order valence-corrected chi connectivity index (χ3v) is 6.80. The second-order valence-corrected chi connectivity index (χ2v) is 8.92. The van der Waals surface area contributed by atoms with Gasteiger partial charge in [-0.2, -0.15) is 9.41 Å². The average Bonchev–Trinajstić information content (AvgIpc) is 3.27. The predicted octanol–water partition coefficient (Wildman–Crippen LogP) is 2.94. The van der Waals surface area contributed by atoms with Gasteiger partial charge in [-0.3, -0.25) is 4.79 Å². The molecule has 0 saturated carbocycles. The minimum absolute atomic E-state index is 0.195. The van der Waals surface area contributed by atoms with E-state index in [1.807, 2.05) is 25.1 Å². The van der Waals surface area contributed by atoms with Crippen LogP contribution < -0.4 is 10.2 Å². The molecule has 1 amide bonds. The van der Waals surface area contributed by atoms with E-state index in [2.05, 4.69) is 10.5 Å². The van der Waals surface area contributed by atoms with Gasteiger partial charge >= 0.3 is 0 Å². The highest BCUT2D eigenvalue weighted by atomic mass is 32.2. The number of amides is 1. The maximum Gasteiger partial charge on any atom is 0.271 e. The number of methoxy groups -OCH3 is 1. The van der Waals surface area contributed by atoms with Crippen molar-refractivity contribution < 1.29 is 17.9 Å². The Bertz CT molecular complexity index is 1020. The SMILES string of the molecule is COc1ccc(C)cc1/C(C)=N\NC(=O)c1ccc(S(=O)(=O)N2CCCC2)cc1. The van der Waals surface area contributed by atoms with Crippen LogP contribution in [0.5, 0.6) is 5.75 Å². The first-order valence-corrected chi connectivity index (χ1v) is 10.9. The van der Waals surface area contributed by atoms with Crippen molar-refractivity contribution in [1.29, 1.82) is 0 Å². The Kier molecular flexibility index (Phi) is 6.34. The smallest absolute Gasteiger partial charge is 0.271 e. The zero-order valence-electron chi connectivity index (χ0n) is 16.8. The number of aryl methyl sites for hydroxylation is 1. The number of hydrogen-bond acceptors (Lipinski definition) is 5. The van der Waals surface area contributed by atoms with Crippen LogP contribution in [0.15, 0.2) is 52.5 Å². The number of ether oxygens (including phenoxy) is 1. The molecule has 1 saturated heterocycles. The summed E-state index contributed by atoms with van der Waals surface area (Å²) >= 11 is 0. The summed E-state index contributed by atoms with van der Waals surface area (Å²) in [6, 6.07) is 11.6. The van der Waals surface area contributed by atoms with Crippen molar-refractivity contribution >= 4 is 21.6 Å². The molecule has 2 aromatic rings. The molecule has 0 spiro atoms. The number of hydrogen-bond donors (Lipinski definition) is 1. The molecule has 154 valence electrons. The Balaban J connectivity index is 1.73. The Morgan fingerprint density at radius 2 is 1.76 bits per heavy atom. The monoisotopic (exact) mass is 415 g/mol. The highest BCUT2D eigenvalue weighted by Gasteiger charge is 2.27. The van der Waals surface area contributed by atoms with Gasteiger partial charge in [0.2, 0.25) is 10.0 Å². The third kappa shape index (κ3) is 4.65. The molecule has 1 heterocycles. The summed E-state index contributed by atoms with van der Waals surface area (Å²) in [6.45, 7) is 4.83. The van der Waals surface area contributed by atoms with Gasteiger partial charge in [-0.15, -0.1) is 0 Å². The van der Waals surface area contributed by atoms with Crippen molar-refractivity contribution in [2.24, 2.45) is 5.10 Å². The van der Waals surface area contributed by atoms with Crippen LogP contribution in [-0.2, 0) is 10.0 Å². The maximum atomic E-state index is 12.6. The highest BCUT2D eigenvalue weighted by Crippen LogP contribution is 2.22. The molecule has 0 aliphatic carbocycles. The van der Waals surface area contributed by atoms with Crippen molar-refractivity contribution in [3.05, 3.63) is 59.2 Å². The number of sulfonamides is 1. The van der Waals surface area contributed by atoms with Gasteiger partial charge in [-0.1, -0.05) is 11.6 Å². The number of rotatable bonds is 6. The average molecular weight is 416 g/mol. The highest BCUT2D eigenvalue weighted by molar-refractivity contribution is 7.89. The zero-order chi connectivity index (χ0) is 21.0. The van der Waals surface area contributed by atoms with E-state index < -0.39 is 15.9 Å². The summed E-state index contributed by atoms with van der Waals surface area (Å²) in [5, 5.41) is 4.17. The lowest BCUT2D eigenvalue weighted by molar-refractivity contribution is 0.0954. The van der Waals surface area contributed by atoms with Gasteiger partial charge in [0.05, 0.1) is 17.7 Å². The number of hydrazone groups is 1. The van der Waals surface area contributed by atoms with Crippen LogP contribution in [0.4, 0.5) is 0 Å². The first-order chi connectivity index (χ1) is 13.8. The van der Waals surface area contributed by atoms with Gasteiger partial charge in [-0.25, -0.2) is 13.8 Å². The van der Waals surface area contributed by atoms with Gasteiger partial charge in [0, 0.05) is 24.2 Å². The Labute approximate surface area is 171 Å². The first-order valence-electron chi connectivity index (χ1n) is 9.43. The molecular formula is C21H25N3O4S.